The standard InChI is InChI=1S/C14H20F3NO2/c1-3-8-18-9-13(20-10-14(15,16)17)11-4-6-12(19-2)7-5-11/h4-7,13,18H,3,8-10H2,1-2H3. The third kappa shape index (κ3) is 6.25. The Morgan fingerprint density at radius 2 is 1.85 bits per heavy atom. The van der Waals surface area contributed by atoms with Crippen LogP contribution in [0.1, 0.15) is 25.0 Å². The first-order valence-corrected chi connectivity index (χ1v) is 6.49. The fourth-order valence-corrected chi connectivity index (χ4v) is 1.70. The zero-order valence-corrected chi connectivity index (χ0v) is 11.7. The van der Waals surface area contributed by atoms with Crippen molar-refractivity contribution >= 4 is 0 Å². The molecule has 0 aliphatic rings. The van der Waals surface area contributed by atoms with E-state index in [1.807, 2.05) is 6.92 Å². The molecule has 1 unspecified atom stereocenters. The molecule has 1 aromatic rings. The van der Waals surface area contributed by atoms with E-state index in [1.165, 1.54) is 7.11 Å². The Morgan fingerprint density at radius 3 is 2.35 bits per heavy atom. The highest BCUT2D eigenvalue weighted by Crippen LogP contribution is 2.23. The van der Waals surface area contributed by atoms with Crippen molar-refractivity contribution in [3.05, 3.63) is 29.8 Å². The van der Waals surface area contributed by atoms with Gasteiger partial charge in [-0.1, -0.05) is 19.1 Å². The second-order valence-electron chi connectivity index (χ2n) is 4.39. The van der Waals surface area contributed by atoms with Crippen LogP contribution in [0.5, 0.6) is 5.75 Å². The number of halogens is 3. The van der Waals surface area contributed by atoms with Crippen molar-refractivity contribution in [2.45, 2.75) is 25.6 Å². The SMILES string of the molecule is CCCNCC(OCC(F)(F)F)c1ccc(OC)cc1. The maximum Gasteiger partial charge on any atom is 0.411 e. The Balaban J connectivity index is 2.68. The van der Waals surface area contributed by atoms with Gasteiger partial charge in [-0.25, -0.2) is 0 Å². The van der Waals surface area contributed by atoms with E-state index in [-0.39, 0.29) is 0 Å². The molecule has 1 aromatic carbocycles. The molecular weight excluding hydrogens is 271 g/mol. The molecule has 6 heteroatoms. The molecular formula is C14H20F3NO2. The maximum absolute atomic E-state index is 12.3. The molecule has 3 nitrogen and oxygen atoms in total. The molecule has 0 aromatic heterocycles. The number of nitrogens with one attached hydrogen (secondary N) is 1. The van der Waals surface area contributed by atoms with E-state index in [0.29, 0.717) is 17.9 Å². The van der Waals surface area contributed by atoms with Gasteiger partial charge in [0, 0.05) is 6.54 Å². The molecule has 0 saturated carbocycles. The number of rotatable bonds is 8. The Labute approximate surface area is 117 Å². The van der Waals surface area contributed by atoms with Gasteiger partial charge in [-0.3, -0.25) is 0 Å². The van der Waals surface area contributed by atoms with Gasteiger partial charge in [-0.05, 0) is 30.7 Å². The van der Waals surface area contributed by atoms with Crippen LogP contribution in [-0.2, 0) is 4.74 Å². The summed E-state index contributed by atoms with van der Waals surface area (Å²) in [5, 5.41) is 3.07. The zero-order valence-electron chi connectivity index (χ0n) is 11.7. The third-order valence-corrected chi connectivity index (χ3v) is 2.69. The van der Waals surface area contributed by atoms with Crippen LogP contribution in [0, 0.1) is 0 Å². The molecule has 1 rings (SSSR count). The Morgan fingerprint density at radius 1 is 1.20 bits per heavy atom. The number of hydrogen-bond acceptors (Lipinski definition) is 3. The van der Waals surface area contributed by atoms with Crippen molar-refractivity contribution in [1.29, 1.82) is 0 Å². The lowest BCUT2D eigenvalue weighted by Crippen LogP contribution is -2.27. The number of ether oxygens (including phenoxy) is 2. The predicted molar refractivity (Wildman–Crippen MR) is 70.9 cm³/mol. The summed E-state index contributed by atoms with van der Waals surface area (Å²) in [4.78, 5) is 0. The number of alkyl halides is 3. The summed E-state index contributed by atoms with van der Waals surface area (Å²) in [6.07, 6.45) is -4.04. The molecule has 0 bridgehead atoms. The van der Waals surface area contributed by atoms with Crippen molar-refractivity contribution in [2.24, 2.45) is 0 Å². The minimum Gasteiger partial charge on any atom is -0.497 e. The van der Waals surface area contributed by atoms with Gasteiger partial charge in [-0.2, -0.15) is 13.2 Å². The lowest BCUT2D eigenvalue weighted by atomic mass is 10.1. The molecule has 0 spiro atoms. The van der Waals surface area contributed by atoms with Gasteiger partial charge in [0.25, 0.3) is 0 Å². The predicted octanol–water partition coefficient (Wildman–Crippen LogP) is 3.31. The van der Waals surface area contributed by atoms with Crippen LogP contribution in [0.4, 0.5) is 13.2 Å². The first-order chi connectivity index (χ1) is 9.46. The summed E-state index contributed by atoms with van der Waals surface area (Å²) >= 11 is 0. The normalized spacial score (nSPS) is 13.2. The lowest BCUT2D eigenvalue weighted by molar-refractivity contribution is -0.185. The monoisotopic (exact) mass is 291 g/mol. The molecule has 0 amide bonds. The van der Waals surface area contributed by atoms with Crippen LogP contribution in [-0.4, -0.2) is 33.0 Å². The number of methoxy groups -OCH3 is 1. The summed E-state index contributed by atoms with van der Waals surface area (Å²) in [7, 11) is 1.54. The number of benzene rings is 1. The van der Waals surface area contributed by atoms with E-state index in [4.69, 9.17) is 9.47 Å². The molecule has 1 N–H and O–H groups in total. The molecule has 0 aliphatic heterocycles. The van der Waals surface area contributed by atoms with Gasteiger partial charge < -0.3 is 14.8 Å². The van der Waals surface area contributed by atoms with E-state index in [9.17, 15) is 13.2 Å². The fraction of sp³-hybridized carbons (Fsp3) is 0.571. The summed E-state index contributed by atoms with van der Waals surface area (Å²) < 4.78 is 46.8. The molecule has 0 aliphatic carbocycles. The van der Waals surface area contributed by atoms with E-state index in [0.717, 1.165) is 13.0 Å². The van der Waals surface area contributed by atoms with Crippen LogP contribution < -0.4 is 10.1 Å². The first kappa shape index (κ1) is 16.8. The summed E-state index contributed by atoms with van der Waals surface area (Å²) in [5.41, 5.74) is 0.693. The van der Waals surface area contributed by atoms with Crippen LogP contribution >= 0.6 is 0 Å². The van der Waals surface area contributed by atoms with Gasteiger partial charge >= 0.3 is 6.18 Å². The van der Waals surface area contributed by atoms with Crippen LogP contribution in [0.15, 0.2) is 24.3 Å². The lowest BCUT2D eigenvalue weighted by Gasteiger charge is -2.20. The van der Waals surface area contributed by atoms with Gasteiger partial charge in [0.15, 0.2) is 0 Å². The van der Waals surface area contributed by atoms with Crippen molar-refractivity contribution < 1.29 is 22.6 Å². The van der Waals surface area contributed by atoms with Gasteiger partial charge in [0.2, 0.25) is 0 Å². The molecule has 20 heavy (non-hydrogen) atoms. The van der Waals surface area contributed by atoms with Gasteiger partial charge in [-0.15, -0.1) is 0 Å². The maximum atomic E-state index is 12.3. The average molecular weight is 291 g/mol. The number of hydrogen-bond donors (Lipinski definition) is 1. The van der Waals surface area contributed by atoms with Gasteiger partial charge in [0.05, 0.1) is 13.2 Å². The summed E-state index contributed by atoms with van der Waals surface area (Å²) in [6.45, 7) is 1.82. The van der Waals surface area contributed by atoms with Crippen molar-refractivity contribution in [3.63, 3.8) is 0 Å². The highest BCUT2D eigenvalue weighted by molar-refractivity contribution is 5.28. The van der Waals surface area contributed by atoms with E-state index in [2.05, 4.69) is 5.32 Å². The third-order valence-electron chi connectivity index (χ3n) is 2.69. The van der Waals surface area contributed by atoms with Crippen molar-refractivity contribution in [3.8, 4) is 5.75 Å². The summed E-state index contributed by atoms with van der Waals surface area (Å²) in [5.74, 6) is 0.657. The molecule has 114 valence electrons. The fourth-order valence-electron chi connectivity index (χ4n) is 1.70. The Kier molecular flexibility index (Phi) is 6.81. The molecule has 0 radical (unpaired) electrons. The van der Waals surface area contributed by atoms with E-state index < -0.39 is 18.9 Å². The smallest absolute Gasteiger partial charge is 0.411 e. The highest BCUT2D eigenvalue weighted by atomic mass is 19.4. The molecule has 0 saturated heterocycles. The average Bonchev–Trinajstić information content (AvgIpc) is 2.42. The van der Waals surface area contributed by atoms with E-state index >= 15 is 0 Å². The second-order valence-corrected chi connectivity index (χ2v) is 4.39. The zero-order chi connectivity index (χ0) is 15.0. The minimum absolute atomic E-state index is 0.344. The van der Waals surface area contributed by atoms with Crippen molar-refractivity contribution in [1.82, 2.24) is 5.32 Å². The topological polar surface area (TPSA) is 30.5 Å². The first-order valence-electron chi connectivity index (χ1n) is 6.49. The van der Waals surface area contributed by atoms with Crippen molar-refractivity contribution in [2.75, 3.05) is 26.8 Å². The van der Waals surface area contributed by atoms with Crippen LogP contribution in [0.25, 0.3) is 0 Å². The Hall–Kier alpha value is -1.27. The van der Waals surface area contributed by atoms with Gasteiger partial charge in [0.1, 0.15) is 12.4 Å². The highest BCUT2D eigenvalue weighted by Gasteiger charge is 2.29. The minimum atomic E-state index is -4.32. The largest absolute Gasteiger partial charge is 0.497 e. The molecule has 0 fully saturated rings. The molecule has 1 atom stereocenters. The Bertz CT molecular complexity index is 379. The summed E-state index contributed by atoms with van der Waals surface area (Å²) in [6, 6.07) is 6.85. The quantitative estimate of drug-likeness (QED) is 0.745. The van der Waals surface area contributed by atoms with Crippen LogP contribution in [0.2, 0.25) is 0 Å². The second kappa shape index (κ2) is 8.11. The van der Waals surface area contributed by atoms with Crippen LogP contribution in [0.3, 0.4) is 0 Å². The van der Waals surface area contributed by atoms with E-state index in [1.54, 1.807) is 24.3 Å². The molecule has 0 heterocycles.